The van der Waals surface area contributed by atoms with Crippen molar-refractivity contribution in [3.8, 4) is 0 Å². The van der Waals surface area contributed by atoms with Gasteiger partial charge in [0.15, 0.2) is 5.96 Å². The van der Waals surface area contributed by atoms with Crippen molar-refractivity contribution in [2.45, 2.75) is 12.8 Å². The van der Waals surface area contributed by atoms with Crippen molar-refractivity contribution in [2.24, 2.45) is 10.7 Å². The van der Waals surface area contributed by atoms with E-state index in [1.807, 2.05) is 12.1 Å². The number of non-ortho nitro benzene ring substituents is 1. The SMILES string of the molecule is NC(=Nc1ccc2cccc3c2c1CC3)Nc1cccc([N+](=O)[O-])c1. The van der Waals surface area contributed by atoms with Crippen LogP contribution in [0.4, 0.5) is 17.1 Å². The van der Waals surface area contributed by atoms with E-state index in [1.165, 1.54) is 34.0 Å². The predicted molar refractivity (Wildman–Crippen MR) is 99.4 cm³/mol. The monoisotopic (exact) mass is 332 g/mol. The number of nitro groups is 1. The summed E-state index contributed by atoms with van der Waals surface area (Å²) in [5.74, 6) is 0.209. The van der Waals surface area contributed by atoms with E-state index in [0.717, 1.165) is 18.5 Å². The molecule has 0 aliphatic heterocycles. The Morgan fingerprint density at radius 1 is 1.12 bits per heavy atom. The van der Waals surface area contributed by atoms with E-state index in [1.54, 1.807) is 12.1 Å². The maximum absolute atomic E-state index is 10.9. The van der Waals surface area contributed by atoms with Gasteiger partial charge in [0.1, 0.15) is 0 Å². The summed E-state index contributed by atoms with van der Waals surface area (Å²) in [7, 11) is 0. The molecule has 1 aliphatic rings. The first-order valence-electron chi connectivity index (χ1n) is 8.01. The molecule has 3 aromatic rings. The average Bonchev–Trinajstić information content (AvgIpc) is 3.04. The topological polar surface area (TPSA) is 93.5 Å². The standard InChI is InChI=1S/C19H16N4O2/c20-19(21-14-5-2-6-15(11-14)23(24)25)22-17-10-8-13-4-1-3-12-7-9-16(17)18(12)13/h1-6,8,10-11H,7,9H2,(H3,20,21,22). The number of nitrogens with two attached hydrogens (primary N) is 1. The van der Waals surface area contributed by atoms with Crippen LogP contribution in [-0.4, -0.2) is 10.9 Å². The molecule has 124 valence electrons. The number of anilines is 1. The first-order chi connectivity index (χ1) is 12.1. The highest BCUT2D eigenvalue weighted by atomic mass is 16.6. The maximum Gasteiger partial charge on any atom is 0.271 e. The summed E-state index contributed by atoms with van der Waals surface area (Å²) in [6.07, 6.45) is 1.96. The first-order valence-corrected chi connectivity index (χ1v) is 8.01. The zero-order chi connectivity index (χ0) is 17.4. The van der Waals surface area contributed by atoms with Crippen LogP contribution >= 0.6 is 0 Å². The molecule has 25 heavy (non-hydrogen) atoms. The highest BCUT2D eigenvalue weighted by Gasteiger charge is 2.17. The quantitative estimate of drug-likeness (QED) is 0.329. The fraction of sp³-hybridized carbons (Fsp3) is 0.105. The molecule has 0 saturated heterocycles. The van der Waals surface area contributed by atoms with E-state index < -0.39 is 4.92 Å². The van der Waals surface area contributed by atoms with Crippen molar-refractivity contribution in [1.29, 1.82) is 0 Å². The number of benzene rings is 3. The third-order valence-electron chi connectivity index (χ3n) is 4.43. The molecule has 0 bridgehead atoms. The van der Waals surface area contributed by atoms with Gasteiger partial charge in [0.2, 0.25) is 0 Å². The Labute approximate surface area is 144 Å². The number of nitro benzene ring substituents is 1. The molecule has 0 fully saturated rings. The molecule has 6 heteroatoms. The van der Waals surface area contributed by atoms with Gasteiger partial charge in [0.25, 0.3) is 5.69 Å². The Morgan fingerprint density at radius 2 is 1.96 bits per heavy atom. The summed E-state index contributed by atoms with van der Waals surface area (Å²) in [6.45, 7) is 0. The van der Waals surface area contributed by atoms with E-state index in [9.17, 15) is 10.1 Å². The van der Waals surface area contributed by atoms with Crippen LogP contribution in [0.15, 0.2) is 59.6 Å². The number of aliphatic imine (C=N–C) groups is 1. The molecular formula is C19H16N4O2. The molecule has 0 saturated carbocycles. The van der Waals surface area contributed by atoms with Gasteiger partial charge in [-0.1, -0.05) is 30.3 Å². The number of aryl methyl sites for hydroxylation is 2. The van der Waals surface area contributed by atoms with Crippen LogP contribution in [0.25, 0.3) is 10.8 Å². The van der Waals surface area contributed by atoms with E-state index >= 15 is 0 Å². The van der Waals surface area contributed by atoms with Crippen LogP contribution in [0.2, 0.25) is 0 Å². The lowest BCUT2D eigenvalue weighted by Crippen LogP contribution is -2.22. The fourth-order valence-corrected chi connectivity index (χ4v) is 3.35. The molecule has 3 aromatic carbocycles. The lowest BCUT2D eigenvalue weighted by molar-refractivity contribution is -0.384. The molecule has 0 heterocycles. The Hall–Kier alpha value is -3.41. The largest absolute Gasteiger partial charge is 0.369 e. The number of hydrogen-bond donors (Lipinski definition) is 2. The molecule has 6 nitrogen and oxygen atoms in total. The number of nitrogens with one attached hydrogen (secondary N) is 1. The van der Waals surface area contributed by atoms with Crippen LogP contribution in [-0.2, 0) is 12.8 Å². The molecule has 0 amide bonds. The van der Waals surface area contributed by atoms with Gasteiger partial charge in [-0.15, -0.1) is 0 Å². The first kappa shape index (κ1) is 15.1. The highest BCUT2D eigenvalue weighted by Crippen LogP contribution is 2.36. The van der Waals surface area contributed by atoms with Gasteiger partial charge in [0, 0.05) is 17.8 Å². The number of rotatable bonds is 3. The minimum atomic E-state index is -0.440. The van der Waals surface area contributed by atoms with E-state index in [2.05, 4.69) is 28.5 Å². The third kappa shape index (κ3) is 2.78. The smallest absolute Gasteiger partial charge is 0.271 e. The van der Waals surface area contributed by atoms with Crippen LogP contribution in [0.3, 0.4) is 0 Å². The number of nitrogens with zero attached hydrogens (tertiary/aromatic N) is 2. The zero-order valence-electron chi connectivity index (χ0n) is 13.4. The van der Waals surface area contributed by atoms with Crippen molar-refractivity contribution in [1.82, 2.24) is 0 Å². The highest BCUT2D eigenvalue weighted by molar-refractivity contribution is 5.98. The second kappa shape index (κ2) is 5.90. The van der Waals surface area contributed by atoms with Gasteiger partial charge in [-0.3, -0.25) is 10.1 Å². The summed E-state index contributed by atoms with van der Waals surface area (Å²) in [6, 6.07) is 16.5. The molecular weight excluding hydrogens is 316 g/mol. The van der Waals surface area contributed by atoms with E-state index in [0.29, 0.717) is 5.69 Å². The van der Waals surface area contributed by atoms with Crippen molar-refractivity contribution < 1.29 is 4.92 Å². The second-order valence-electron chi connectivity index (χ2n) is 6.01. The minimum Gasteiger partial charge on any atom is -0.369 e. The summed E-state index contributed by atoms with van der Waals surface area (Å²) in [5.41, 5.74) is 9.95. The van der Waals surface area contributed by atoms with Gasteiger partial charge >= 0.3 is 0 Å². The third-order valence-corrected chi connectivity index (χ3v) is 4.43. The minimum absolute atomic E-state index is 0.00625. The summed E-state index contributed by atoms with van der Waals surface area (Å²) in [4.78, 5) is 14.9. The van der Waals surface area contributed by atoms with Crippen LogP contribution in [0.5, 0.6) is 0 Å². The lowest BCUT2D eigenvalue weighted by Gasteiger charge is -2.08. The summed E-state index contributed by atoms with van der Waals surface area (Å²) < 4.78 is 0. The van der Waals surface area contributed by atoms with Crippen molar-refractivity contribution in [2.75, 3.05) is 5.32 Å². The van der Waals surface area contributed by atoms with Crippen LogP contribution < -0.4 is 11.1 Å². The Balaban J connectivity index is 1.67. The molecule has 0 unspecified atom stereocenters. The number of guanidine groups is 1. The molecule has 4 rings (SSSR count). The van der Waals surface area contributed by atoms with Gasteiger partial charge in [-0.25, -0.2) is 4.99 Å². The van der Waals surface area contributed by atoms with Crippen LogP contribution in [0.1, 0.15) is 11.1 Å². The van der Waals surface area contributed by atoms with E-state index in [4.69, 9.17) is 5.73 Å². The Kier molecular flexibility index (Phi) is 3.57. The average molecular weight is 332 g/mol. The summed E-state index contributed by atoms with van der Waals surface area (Å²) >= 11 is 0. The molecule has 0 radical (unpaired) electrons. The lowest BCUT2D eigenvalue weighted by atomic mass is 10.0. The van der Waals surface area contributed by atoms with Crippen molar-refractivity contribution in [3.05, 3.63) is 75.8 Å². The van der Waals surface area contributed by atoms with Crippen LogP contribution in [0, 0.1) is 10.1 Å². The van der Waals surface area contributed by atoms with Crippen molar-refractivity contribution in [3.63, 3.8) is 0 Å². The van der Waals surface area contributed by atoms with Gasteiger partial charge in [0.05, 0.1) is 10.6 Å². The number of hydrogen-bond acceptors (Lipinski definition) is 3. The van der Waals surface area contributed by atoms with Gasteiger partial charge in [-0.2, -0.15) is 0 Å². The fourth-order valence-electron chi connectivity index (χ4n) is 3.35. The maximum atomic E-state index is 10.9. The zero-order valence-corrected chi connectivity index (χ0v) is 13.4. The molecule has 1 aliphatic carbocycles. The molecule has 3 N–H and O–H groups in total. The summed E-state index contributed by atoms with van der Waals surface area (Å²) in [5, 5.41) is 16.3. The van der Waals surface area contributed by atoms with Gasteiger partial charge < -0.3 is 11.1 Å². The van der Waals surface area contributed by atoms with E-state index in [-0.39, 0.29) is 11.6 Å². The molecule has 0 atom stereocenters. The van der Waals surface area contributed by atoms with Gasteiger partial charge in [-0.05, 0) is 46.9 Å². The molecule has 0 aromatic heterocycles. The Bertz CT molecular complexity index is 1030. The molecule has 0 spiro atoms. The Morgan fingerprint density at radius 3 is 2.80 bits per heavy atom. The van der Waals surface area contributed by atoms with Crippen molar-refractivity contribution >= 4 is 33.8 Å². The predicted octanol–water partition coefficient (Wildman–Crippen LogP) is 3.90. The normalized spacial score (nSPS) is 13.2. The second-order valence-corrected chi connectivity index (χ2v) is 6.01.